The molecule has 4 aromatic rings. The normalized spacial score (nSPS) is 14.6. The summed E-state index contributed by atoms with van der Waals surface area (Å²) in [4.78, 5) is 24.6. The number of aromatic amines is 1. The molecule has 0 aliphatic carbocycles. The summed E-state index contributed by atoms with van der Waals surface area (Å²) in [6, 6.07) is 9.83. The number of hydrogen-bond donors (Lipinski definition) is 2. The van der Waals surface area contributed by atoms with Crippen molar-refractivity contribution in [2.24, 2.45) is 0 Å². The van der Waals surface area contributed by atoms with Crippen LogP contribution in [0.25, 0.3) is 16.9 Å². The van der Waals surface area contributed by atoms with Crippen LogP contribution in [-0.2, 0) is 10.9 Å². The van der Waals surface area contributed by atoms with Gasteiger partial charge in [0.05, 0.1) is 25.1 Å². The smallest absolute Gasteiger partial charge is 0.378 e. The first-order valence-corrected chi connectivity index (χ1v) is 10.2. The molecule has 3 aromatic heterocycles. The van der Waals surface area contributed by atoms with Gasteiger partial charge in [-0.3, -0.25) is 9.20 Å². The van der Waals surface area contributed by atoms with Crippen molar-refractivity contribution >= 4 is 22.8 Å². The molecule has 0 radical (unpaired) electrons. The van der Waals surface area contributed by atoms with Crippen molar-refractivity contribution in [1.82, 2.24) is 19.4 Å². The Morgan fingerprint density at radius 2 is 1.82 bits per heavy atom. The number of hydrogen-bond acceptors (Lipinski definition) is 6. The van der Waals surface area contributed by atoms with E-state index in [0.717, 1.165) is 36.6 Å². The number of nitrogens with zero attached hydrogens (tertiary/aromatic N) is 4. The standard InChI is InChI=1S/C22H19F3N6O2/c23-22(24,25)18-11-14(12-19(32)29-18)17-13-27-20(21-26-5-6-31(17)21)28-15-1-3-16(4-2-15)30-7-9-33-10-8-30/h1-6,11-13H,7-10H2,(H,27,28)(H,29,32). The van der Waals surface area contributed by atoms with Crippen LogP contribution in [0.15, 0.2) is 59.8 Å². The van der Waals surface area contributed by atoms with Crippen molar-refractivity contribution in [2.45, 2.75) is 6.18 Å². The zero-order chi connectivity index (χ0) is 23.0. The van der Waals surface area contributed by atoms with Crippen LogP contribution in [0.1, 0.15) is 5.69 Å². The van der Waals surface area contributed by atoms with Crippen molar-refractivity contribution in [3.63, 3.8) is 0 Å². The van der Waals surface area contributed by atoms with Gasteiger partial charge in [-0.15, -0.1) is 0 Å². The zero-order valence-electron chi connectivity index (χ0n) is 17.3. The summed E-state index contributed by atoms with van der Waals surface area (Å²) >= 11 is 0. The minimum Gasteiger partial charge on any atom is -0.378 e. The Bertz CT molecular complexity index is 1340. The van der Waals surface area contributed by atoms with E-state index in [0.29, 0.717) is 30.4 Å². The first kappa shape index (κ1) is 21.0. The monoisotopic (exact) mass is 456 g/mol. The summed E-state index contributed by atoms with van der Waals surface area (Å²) in [5.74, 6) is 0.434. The van der Waals surface area contributed by atoms with Crippen LogP contribution in [0, 0.1) is 0 Å². The lowest BCUT2D eigenvalue weighted by atomic mass is 10.1. The second kappa shape index (κ2) is 8.24. The Labute approximate surface area is 185 Å². The summed E-state index contributed by atoms with van der Waals surface area (Å²) in [6.07, 6.45) is -0.141. The third-order valence-electron chi connectivity index (χ3n) is 5.38. The maximum atomic E-state index is 13.1. The molecule has 0 atom stereocenters. The van der Waals surface area contributed by atoms with Crippen LogP contribution in [-0.4, -0.2) is 45.7 Å². The molecule has 4 heterocycles. The van der Waals surface area contributed by atoms with Gasteiger partial charge in [0.25, 0.3) is 0 Å². The van der Waals surface area contributed by atoms with Crippen LogP contribution in [0.4, 0.5) is 30.4 Å². The van der Waals surface area contributed by atoms with Gasteiger partial charge < -0.3 is 19.9 Å². The van der Waals surface area contributed by atoms with Crippen LogP contribution in [0.5, 0.6) is 0 Å². The number of nitrogens with one attached hydrogen (secondary N) is 2. The largest absolute Gasteiger partial charge is 0.431 e. The van der Waals surface area contributed by atoms with Gasteiger partial charge in [0.1, 0.15) is 5.69 Å². The van der Waals surface area contributed by atoms with Gasteiger partial charge in [-0.25, -0.2) is 9.97 Å². The number of aromatic nitrogens is 4. The predicted octanol–water partition coefficient (Wildman–Crippen LogP) is 3.68. The molecule has 8 nitrogen and oxygen atoms in total. The number of halogens is 3. The molecule has 0 bridgehead atoms. The lowest BCUT2D eigenvalue weighted by Crippen LogP contribution is -2.36. The zero-order valence-corrected chi connectivity index (χ0v) is 17.3. The van der Waals surface area contributed by atoms with E-state index in [1.165, 1.54) is 12.4 Å². The quantitative estimate of drug-likeness (QED) is 0.487. The summed E-state index contributed by atoms with van der Waals surface area (Å²) in [6.45, 7) is 3.07. The number of benzene rings is 1. The molecule has 1 saturated heterocycles. The van der Waals surface area contributed by atoms with Crippen molar-refractivity contribution < 1.29 is 17.9 Å². The van der Waals surface area contributed by atoms with E-state index >= 15 is 0 Å². The van der Waals surface area contributed by atoms with E-state index < -0.39 is 17.4 Å². The molecule has 2 N–H and O–H groups in total. The van der Waals surface area contributed by atoms with Gasteiger partial charge in [-0.2, -0.15) is 13.2 Å². The Kier molecular flexibility index (Phi) is 5.25. The van der Waals surface area contributed by atoms with Crippen molar-refractivity contribution in [3.05, 3.63) is 71.0 Å². The van der Waals surface area contributed by atoms with Gasteiger partial charge in [0, 0.05) is 48.5 Å². The minimum absolute atomic E-state index is 0.0861. The summed E-state index contributed by atoms with van der Waals surface area (Å²) in [7, 11) is 0. The number of pyridine rings is 1. The number of imidazole rings is 1. The Hall–Kier alpha value is -3.86. The van der Waals surface area contributed by atoms with E-state index in [4.69, 9.17) is 4.74 Å². The molecule has 5 rings (SSSR count). The summed E-state index contributed by atoms with van der Waals surface area (Å²) in [5.41, 5.74) is 0.714. The van der Waals surface area contributed by atoms with Gasteiger partial charge in [-0.1, -0.05) is 0 Å². The van der Waals surface area contributed by atoms with E-state index in [2.05, 4.69) is 20.2 Å². The molecular formula is C22H19F3N6O2. The van der Waals surface area contributed by atoms with Gasteiger partial charge in [0.15, 0.2) is 11.5 Å². The molecule has 11 heteroatoms. The second-order valence-corrected chi connectivity index (χ2v) is 7.53. The van der Waals surface area contributed by atoms with Crippen LogP contribution < -0.4 is 15.8 Å². The Morgan fingerprint density at radius 3 is 2.55 bits per heavy atom. The molecule has 0 saturated carbocycles. The first-order chi connectivity index (χ1) is 15.9. The van der Waals surface area contributed by atoms with E-state index in [9.17, 15) is 18.0 Å². The number of anilines is 3. The van der Waals surface area contributed by atoms with Crippen molar-refractivity contribution in [1.29, 1.82) is 0 Å². The lowest BCUT2D eigenvalue weighted by molar-refractivity contribution is -0.141. The molecule has 0 spiro atoms. The number of rotatable bonds is 4. The number of alkyl halides is 3. The first-order valence-electron chi connectivity index (χ1n) is 10.2. The average molecular weight is 456 g/mol. The molecular weight excluding hydrogens is 437 g/mol. The number of H-pyrrole nitrogens is 1. The summed E-state index contributed by atoms with van der Waals surface area (Å²) in [5, 5.41) is 3.20. The maximum absolute atomic E-state index is 13.1. The molecule has 0 unspecified atom stereocenters. The van der Waals surface area contributed by atoms with Crippen LogP contribution in [0.2, 0.25) is 0 Å². The molecule has 1 fully saturated rings. The number of morpholine rings is 1. The highest BCUT2D eigenvalue weighted by molar-refractivity contribution is 5.74. The Balaban J connectivity index is 1.46. The van der Waals surface area contributed by atoms with E-state index in [-0.39, 0.29) is 5.56 Å². The van der Waals surface area contributed by atoms with E-state index in [1.54, 1.807) is 10.6 Å². The highest BCUT2D eigenvalue weighted by Crippen LogP contribution is 2.31. The fraction of sp³-hybridized carbons (Fsp3) is 0.227. The molecule has 0 amide bonds. The number of fused-ring (bicyclic) bond motifs is 1. The topological polar surface area (TPSA) is 87.6 Å². The fourth-order valence-corrected chi connectivity index (χ4v) is 3.78. The maximum Gasteiger partial charge on any atom is 0.431 e. The van der Waals surface area contributed by atoms with Crippen LogP contribution in [0.3, 0.4) is 0 Å². The van der Waals surface area contributed by atoms with Gasteiger partial charge in [-0.05, 0) is 30.3 Å². The minimum atomic E-state index is -4.68. The summed E-state index contributed by atoms with van der Waals surface area (Å²) < 4.78 is 46.4. The highest BCUT2D eigenvalue weighted by atomic mass is 19.4. The average Bonchev–Trinajstić information content (AvgIpc) is 3.30. The second-order valence-electron chi connectivity index (χ2n) is 7.53. The SMILES string of the molecule is O=c1cc(-c2cnc(Nc3ccc(N4CCOCC4)cc3)c3nccn23)cc(C(F)(F)F)[nH]1. The lowest BCUT2D eigenvalue weighted by Gasteiger charge is -2.28. The molecule has 1 aliphatic heterocycles. The van der Waals surface area contributed by atoms with Gasteiger partial charge in [0.2, 0.25) is 5.56 Å². The van der Waals surface area contributed by atoms with E-state index in [1.807, 2.05) is 29.2 Å². The molecule has 1 aromatic carbocycles. The molecule has 33 heavy (non-hydrogen) atoms. The third-order valence-corrected chi connectivity index (χ3v) is 5.38. The van der Waals surface area contributed by atoms with Crippen molar-refractivity contribution in [3.8, 4) is 11.3 Å². The number of ether oxygens (including phenoxy) is 1. The highest BCUT2D eigenvalue weighted by Gasteiger charge is 2.32. The van der Waals surface area contributed by atoms with Gasteiger partial charge >= 0.3 is 6.18 Å². The predicted molar refractivity (Wildman–Crippen MR) is 117 cm³/mol. The fourth-order valence-electron chi connectivity index (χ4n) is 3.78. The molecule has 1 aliphatic rings. The molecule has 170 valence electrons. The van der Waals surface area contributed by atoms with Crippen molar-refractivity contribution in [2.75, 3.05) is 36.5 Å². The van der Waals surface area contributed by atoms with Crippen LogP contribution >= 0.6 is 0 Å². The third kappa shape index (κ3) is 4.27. The Morgan fingerprint density at radius 1 is 1.06 bits per heavy atom.